The maximum absolute atomic E-state index is 12.3. The summed E-state index contributed by atoms with van der Waals surface area (Å²) in [6.07, 6.45) is 0. The summed E-state index contributed by atoms with van der Waals surface area (Å²) in [5, 5.41) is 9.45. The van der Waals surface area contributed by atoms with Crippen molar-refractivity contribution in [3.63, 3.8) is 0 Å². The Morgan fingerprint density at radius 1 is 1.00 bits per heavy atom. The summed E-state index contributed by atoms with van der Waals surface area (Å²) in [5.41, 5.74) is 4.85. The second-order valence-electron chi connectivity index (χ2n) is 3.86. The van der Waals surface area contributed by atoms with Crippen molar-refractivity contribution in [3.8, 4) is 5.75 Å². The third kappa shape index (κ3) is 2.43. The summed E-state index contributed by atoms with van der Waals surface area (Å²) in [5.74, 6) is -1.23. The van der Waals surface area contributed by atoms with E-state index in [9.17, 15) is 18.3 Å². The van der Waals surface area contributed by atoms with Crippen molar-refractivity contribution in [1.29, 1.82) is 0 Å². The van der Waals surface area contributed by atoms with Crippen molar-refractivity contribution >= 4 is 15.7 Å². The molecule has 0 aliphatic rings. The van der Waals surface area contributed by atoms with E-state index in [2.05, 4.69) is 0 Å². The van der Waals surface area contributed by atoms with Crippen LogP contribution in [0.3, 0.4) is 0 Å². The highest BCUT2D eigenvalue weighted by Crippen LogP contribution is 2.25. The lowest BCUT2D eigenvalue weighted by molar-refractivity contribution is 0.0997. The zero-order valence-electron chi connectivity index (χ0n) is 9.78. The van der Waals surface area contributed by atoms with Gasteiger partial charge in [-0.1, -0.05) is 18.2 Å². The first kappa shape index (κ1) is 13.1. The first-order chi connectivity index (χ1) is 8.93. The van der Waals surface area contributed by atoms with Gasteiger partial charge in [0.1, 0.15) is 5.75 Å². The molecule has 0 aromatic heterocycles. The molecule has 0 saturated heterocycles. The van der Waals surface area contributed by atoms with Gasteiger partial charge in [-0.2, -0.15) is 0 Å². The number of hydrogen-bond acceptors (Lipinski definition) is 4. The SMILES string of the molecule is NC(=O)c1cc(S(=O)(=O)c2ccccc2)ccc1O. The number of phenols is 1. The Labute approximate surface area is 110 Å². The fourth-order valence-electron chi connectivity index (χ4n) is 1.62. The number of benzene rings is 2. The van der Waals surface area contributed by atoms with Crippen LogP contribution in [0.5, 0.6) is 5.75 Å². The molecular formula is C13H11NO4S. The van der Waals surface area contributed by atoms with Gasteiger partial charge in [0.25, 0.3) is 5.91 Å². The van der Waals surface area contributed by atoms with Crippen LogP contribution in [-0.2, 0) is 9.84 Å². The van der Waals surface area contributed by atoms with E-state index in [0.717, 1.165) is 12.1 Å². The average Bonchev–Trinajstić information content (AvgIpc) is 2.39. The number of sulfone groups is 1. The van der Waals surface area contributed by atoms with Gasteiger partial charge in [-0.25, -0.2) is 8.42 Å². The molecule has 3 N–H and O–H groups in total. The Bertz CT molecular complexity index is 724. The lowest BCUT2D eigenvalue weighted by atomic mass is 10.2. The van der Waals surface area contributed by atoms with E-state index in [1.807, 2.05) is 0 Å². The number of hydrogen-bond donors (Lipinski definition) is 2. The molecule has 2 aromatic rings. The van der Waals surface area contributed by atoms with Crippen LogP contribution in [0.2, 0.25) is 0 Å². The fraction of sp³-hybridized carbons (Fsp3) is 0. The Kier molecular flexibility index (Phi) is 3.26. The minimum atomic E-state index is -3.73. The minimum Gasteiger partial charge on any atom is -0.507 e. The van der Waals surface area contributed by atoms with E-state index in [0.29, 0.717) is 0 Å². The van der Waals surface area contributed by atoms with Crippen LogP contribution in [-0.4, -0.2) is 19.4 Å². The van der Waals surface area contributed by atoms with Crippen molar-refractivity contribution in [3.05, 3.63) is 54.1 Å². The summed E-state index contributed by atoms with van der Waals surface area (Å²) >= 11 is 0. The predicted octanol–water partition coefficient (Wildman–Crippen LogP) is 1.32. The molecule has 0 aliphatic carbocycles. The van der Waals surface area contributed by atoms with E-state index in [4.69, 9.17) is 5.73 Å². The molecule has 0 saturated carbocycles. The Balaban J connectivity index is 2.60. The number of primary amides is 1. The van der Waals surface area contributed by atoms with Gasteiger partial charge in [-0.05, 0) is 30.3 Å². The molecule has 0 fully saturated rings. The Morgan fingerprint density at radius 3 is 2.21 bits per heavy atom. The van der Waals surface area contributed by atoms with Gasteiger partial charge in [0.15, 0.2) is 0 Å². The third-order valence-electron chi connectivity index (χ3n) is 2.60. The monoisotopic (exact) mass is 277 g/mol. The van der Waals surface area contributed by atoms with Gasteiger partial charge < -0.3 is 10.8 Å². The van der Waals surface area contributed by atoms with Crippen molar-refractivity contribution in [2.75, 3.05) is 0 Å². The van der Waals surface area contributed by atoms with E-state index in [1.165, 1.54) is 18.2 Å². The molecule has 0 radical (unpaired) electrons. The average molecular weight is 277 g/mol. The standard InChI is InChI=1S/C13H11NO4S/c14-13(16)11-8-10(6-7-12(11)15)19(17,18)9-4-2-1-3-5-9/h1-8,15H,(H2,14,16). The van der Waals surface area contributed by atoms with Gasteiger partial charge in [0, 0.05) is 0 Å². The second kappa shape index (κ2) is 4.74. The summed E-state index contributed by atoms with van der Waals surface area (Å²) in [6.45, 7) is 0. The number of carbonyl (C=O) groups is 1. The smallest absolute Gasteiger partial charge is 0.252 e. The molecule has 6 heteroatoms. The van der Waals surface area contributed by atoms with Crippen LogP contribution in [0.15, 0.2) is 58.3 Å². The number of rotatable bonds is 3. The topological polar surface area (TPSA) is 97.5 Å². The number of nitrogens with two attached hydrogens (primary N) is 1. The molecule has 0 aliphatic heterocycles. The van der Waals surface area contributed by atoms with Gasteiger partial charge in [0.2, 0.25) is 9.84 Å². The molecule has 0 heterocycles. The number of aromatic hydroxyl groups is 1. The van der Waals surface area contributed by atoms with Crippen molar-refractivity contribution < 1.29 is 18.3 Å². The number of carbonyl (C=O) groups excluding carboxylic acids is 1. The molecule has 19 heavy (non-hydrogen) atoms. The molecule has 0 bridgehead atoms. The van der Waals surface area contributed by atoms with Crippen molar-refractivity contribution in [2.45, 2.75) is 9.79 Å². The van der Waals surface area contributed by atoms with Crippen LogP contribution in [0.4, 0.5) is 0 Å². The van der Waals surface area contributed by atoms with Crippen LogP contribution < -0.4 is 5.73 Å². The van der Waals surface area contributed by atoms with Crippen LogP contribution in [0.25, 0.3) is 0 Å². The molecule has 98 valence electrons. The first-order valence-electron chi connectivity index (χ1n) is 5.36. The van der Waals surface area contributed by atoms with E-state index in [-0.39, 0.29) is 21.1 Å². The lowest BCUT2D eigenvalue weighted by Gasteiger charge is -2.07. The molecule has 2 rings (SSSR count). The lowest BCUT2D eigenvalue weighted by Crippen LogP contribution is -2.12. The van der Waals surface area contributed by atoms with E-state index in [1.54, 1.807) is 18.2 Å². The zero-order valence-corrected chi connectivity index (χ0v) is 10.6. The van der Waals surface area contributed by atoms with Crippen LogP contribution in [0.1, 0.15) is 10.4 Å². The molecular weight excluding hydrogens is 266 g/mol. The van der Waals surface area contributed by atoms with Crippen LogP contribution in [0, 0.1) is 0 Å². The van der Waals surface area contributed by atoms with E-state index >= 15 is 0 Å². The second-order valence-corrected chi connectivity index (χ2v) is 5.81. The summed E-state index contributed by atoms with van der Waals surface area (Å²) in [6, 6.07) is 11.2. The quantitative estimate of drug-likeness (QED) is 0.884. The maximum atomic E-state index is 12.3. The van der Waals surface area contributed by atoms with Gasteiger partial charge in [0.05, 0.1) is 15.4 Å². The van der Waals surface area contributed by atoms with E-state index < -0.39 is 15.7 Å². The predicted molar refractivity (Wildman–Crippen MR) is 68.5 cm³/mol. The first-order valence-corrected chi connectivity index (χ1v) is 6.84. The normalized spacial score (nSPS) is 11.2. The zero-order chi connectivity index (χ0) is 14.0. The van der Waals surface area contributed by atoms with Gasteiger partial charge in [-0.15, -0.1) is 0 Å². The highest BCUT2D eigenvalue weighted by Gasteiger charge is 2.20. The minimum absolute atomic E-state index is 0.0923. The summed E-state index contributed by atoms with van der Waals surface area (Å²) in [4.78, 5) is 11.1. The Morgan fingerprint density at radius 2 is 1.63 bits per heavy atom. The largest absolute Gasteiger partial charge is 0.507 e. The van der Waals surface area contributed by atoms with Crippen molar-refractivity contribution in [1.82, 2.24) is 0 Å². The highest BCUT2D eigenvalue weighted by molar-refractivity contribution is 7.91. The molecule has 0 spiro atoms. The molecule has 0 unspecified atom stereocenters. The fourth-order valence-corrected chi connectivity index (χ4v) is 2.92. The van der Waals surface area contributed by atoms with Gasteiger partial charge >= 0.3 is 0 Å². The molecule has 1 amide bonds. The molecule has 0 atom stereocenters. The summed E-state index contributed by atoms with van der Waals surface area (Å²) in [7, 11) is -3.73. The van der Waals surface area contributed by atoms with Gasteiger partial charge in [-0.3, -0.25) is 4.79 Å². The molecule has 5 nitrogen and oxygen atoms in total. The maximum Gasteiger partial charge on any atom is 0.252 e. The number of amides is 1. The highest BCUT2D eigenvalue weighted by atomic mass is 32.2. The molecule has 2 aromatic carbocycles. The van der Waals surface area contributed by atoms with Crippen LogP contribution >= 0.6 is 0 Å². The Hall–Kier alpha value is -2.34. The third-order valence-corrected chi connectivity index (χ3v) is 4.36. The summed E-state index contributed by atoms with van der Waals surface area (Å²) < 4.78 is 24.6. The van der Waals surface area contributed by atoms with Crippen molar-refractivity contribution in [2.24, 2.45) is 5.73 Å².